The molecule has 0 radical (unpaired) electrons. The number of amides is 1. The van der Waals surface area contributed by atoms with Crippen LogP contribution < -0.4 is 5.32 Å². The molecule has 0 spiro atoms. The molecule has 1 N–H and O–H groups in total. The van der Waals surface area contributed by atoms with Crippen LogP contribution in [0.25, 0.3) is 0 Å². The van der Waals surface area contributed by atoms with Gasteiger partial charge in [-0.2, -0.15) is 0 Å². The van der Waals surface area contributed by atoms with Crippen LogP contribution in [0.4, 0.5) is 4.39 Å². The molecule has 2 saturated heterocycles. The molecule has 136 valence electrons. The van der Waals surface area contributed by atoms with Crippen molar-refractivity contribution in [3.8, 4) is 0 Å². The van der Waals surface area contributed by atoms with Gasteiger partial charge in [0.2, 0.25) is 5.91 Å². The number of ether oxygens (including phenoxy) is 1. The first-order valence-corrected chi connectivity index (χ1v) is 9.03. The summed E-state index contributed by atoms with van der Waals surface area (Å²) in [7, 11) is 0. The van der Waals surface area contributed by atoms with E-state index in [1.54, 1.807) is 0 Å². The Morgan fingerprint density at radius 3 is 2.84 bits per heavy atom. The Bertz CT molecular complexity index is 605. The topological polar surface area (TPSA) is 58.6 Å². The van der Waals surface area contributed by atoms with Gasteiger partial charge in [0.15, 0.2) is 5.78 Å². The number of hydrogen-bond acceptors (Lipinski definition) is 4. The molecule has 2 aliphatic heterocycles. The summed E-state index contributed by atoms with van der Waals surface area (Å²) in [5.41, 5.74) is 0.484. The molecule has 0 saturated carbocycles. The summed E-state index contributed by atoms with van der Waals surface area (Å²) >= 11 is 0. The number of morpholine rings is 1. The van der Waals surface area contributed by atoms with Gasteiger partial charge in [-0.3, -0.25) is 14.5 Å². The van der Waals surface area contributed by atoms with Crippen molar-refractivity contribution < 1.29 is 18.7 Å². The van der Waals surface area contributed by atoms with E-state index in [0.29, 0.717) is 31.0 Å². The molecule has 0 aliphatic carbocycles. The van der Waals surface area contributed by atoms with Crippen molar-refractivity contribution in [1.29, 1.82) is 0 Å². The number of carbonyl (C=O) groups is 2. The molecule has 1 amide bonds. The van der Waals surface area contributed by atoms with Gasteiger partial charge in [0.25, 0.3) is 0 Å². The molecule has 0 bridgehead atoms. The van der Waals surface area contributed by atoms with E-state index in [2.05, 4.69) is 10.2 Å². The van der Waals surface area contributed by atoms with Crippen LogP contribution in [-0.2, 0) is 9.53 Å². The number of Topliss-reactive ketones (excluding diaryl/α,β-unsaturated/α-hetero) is 1. The first-order chi connectivity index (χ1) is 12.1. The highest BCUT2D eigenvalue weighted by Gasteiger charge is 2.32. The largest absolute Gasteiger partial charge is 0.373 e. The van der Waals surface area contributed by atoms with E-state index in [-0.39, 0.29) is 30.0 Å². The number of rotatable bonds is 7. The molecule has 2 atom stereocenters. The molecular formula is C19H25FN2O3. The van der Waals surface area contributed by atoms with Crippen LogP contribution in [0.1, 0.15) is 42.5 Å². The van der Waals surface area contributed by atoms with Gasteiger partial charge in [-0.05, 0) is 50.1 Å². The fourth-order valence-corrected chi connectivity index (χ4v) is 3.51. The van der Waals surface area contributed by atoms with E-state index in [4.69, 9.17) is 4.74 Å². The SMILES string of the molecule is O=C(CCCC(=O)c1ccc(F)cc1)NC[C@H]1CN2CCC[C@@H]2CO1. The number of nitrogens with zero attached hydrogens (tertiary/aromatic N) is 1. The van der Waals surface area contributed by atoms with Gasteiger partial charge in [0.1, 0.15) is 5.82 Å². The Kier molecular flexibility index (Phi) is 6.15. The summed E-state index contributed by atoms with van der Waals surface area (Å²) in [5.74, 6) is -0.483. The van der Waals surface area contributed by atoms with Crippen molar-refractivity contribution in [2.24, 2.45) is 0 Å². The number of benzene rings is 1. The van der Waals surface area contributed by atoms with Gasteiger partial charge >= 0.3 is 0 Å². The molecular weight excluding hydrogens is 323 g/mol. The van der Waals surface area contributed by atoms with Crippen LogP contribution in [-0.4, -0.2) is 55.0 Å². The smallest absolute Gasteiger partial charge is 0.220 e. The highest BCUT2D eigenvalue weighted by atomic mass is 19.1. The summed E-state index contributed by atoms with van der Waals surface area (Å²) < 4.78 is 18.7. The van der Waals surface area contributed by atoms with E-state index in [9.17, 15) is 14.0 Å². The van der Waals surface area contributed by atoms with Gasteiger partial charge in [-0.25, -0.2) is 4.39 Å². The minimum absolute atomic E-state index is 0.0548. The Morgan fingerprint density at radius 1 is 1.24 bits per heavy atom. The minimum Gasteiger partial charge on any atom is -0.373 e. The second-order valence-corrected chi connectivity index (χ2v) is 6.83. The monoisotopic (exact) mass is 348 g/mol. The molecule has 2 fully saturated rings. The molecule has 2 aliphatic rings. The number of carbonyl (C=O) groups excluding carboxylic acids is 2. The lowest BCUT2D eigenvalue weighted by molar-refractivity contribution is -0.122. The highest BCUT2D eigenvalue weighted by molar-refractivity contribution is 5.96. The van der Waals surface area contributed by atoms with Crippen LogP contribution >= 0.6 is 0 Å². The van der Waals surface area contributed by atoms with Crippen LogP contribution in [0, 0.1) is 5.82 Å². The fourth-order valence-electron chi connectivity index (χ4n) is 3.51. The lowest BCUT2D eigenvalue weighted by atomic mass is 10.1. The van der Waals surface area contributed by atoms with Crippen LogP contribution in [0.15, 0.2) is 24.3 Å². The van der Waals surface area contributed by atoms with Gasteiger partial charge in [-0.1, -0.05) is 0 Å². The number of nitrogens with one attached hydrogen (secondary N) is 1. The zero-order valence-corrected chi connectivity index (χ0v) is 14.4. The van der Waals surface area contributed by atoms with Gasteiger partial charge in [0.05, 0.1) is 12.7 Å². The van der Waals surface area contributed by atoms with E-state index >= 15 is 0 Å². The minimum atomic E-state index is -0.360. The average Bonchev–Trinajstić information content (AvgIpc) is 3.08. The lowest BCUT2D eigenvalue weighted by Gasteiger charge is -2.35. The molecule has 6 heteroatoms. The molecule has 1 aromatic carbocycles. The zero-order valence-electron chi connectivity index (χ0n) is 14.4. The fraction of sp³-hybridized carbons (Fsp3) is 0.579. The molecule has 3 rings (SSSR count). The van der Waals surface area contributed by atoms with Crippen LogP contribution in [0.3, 0.4) is 0 Å². The van der Waals surface area contributed by atoms with Gasteiger partial charge in [0, 0.05) is 37.5 Å². The number of hydrogen-bond donors (Lipinski definition) is 1. The Hall–Kier alpha value is -1.79. The molecule has 25 heavy (non-hydrogen) atoms. The quantitative estimate of drug-likeness (QED) is 0.767. The Balaban J connectivity index is 1.31. The van der Waals surface area contributed by atoms with Crippen molar-refractivity contribution in [2.45, 2.75) is 44.2 Å². The van der Waals surface area contributed by atoms with E-state index in [1.165, 1.54) is 37.1 Å². The zero-order chi connectivity index (χ0) is 17.6. The maximum Gasteiger partial charge on any atom is 0.220 e. The summed E-state index contributed by atoms with van der Waals surface area (Å²) in [6.45, 7) is 3.29. The first-order valence-electron chi connectivity index (χ1n) is 9.03. The first kappa shape index (κ1) is 18.0. The van der Waals surface area contributed by atoms with Gasteiger partial charge in [-0.15, -0.1) is 0 Å². The number of fused-ring (bicyclic) bond motifs is 1. The normalized spacial score (nSPS) is 23.2. The van der Waals surface area contributed by atoms with Gasteiger partial charge < -0.3 is 10.1 Å². The van der Waals surface area contributed by atoms with Crippen molar-refractivity contribution in [3.05, 3.63) is 35.6 Å². The molecule has 5 nitrogen and oxygen atoms in total. The average molecular weight is 348 g/mol. The Labute approximate surface area is 147 Å². The standard InChI is InChI=1S/C19H25FN2O3/c20-15-8-6-14(7-9-15)18(23)4-1-5-19(24)21-11-17-12-22-10-2-3-16(22)13-25-17/h6-9,16-17H,1-5,10-13H2,(H,21,24)/t16-,17+/m1/s1. The highest BCUT2D eigenvalue weighted by Crippen LogP contribution is 2.22. The molecule has 1 aromatic rings. The third-order valence-corrected chi connectivity index (χ3v) is 4.96. The third kappa shape index (κ3) is 5.09. The lowest BCUT2D eigenvalue weighted by Crippen LogP contribution is -2.50. The molecule has 2 heterocycles. The molecule has 0 unspecified atom stereocenters. The predicted octanol–water partition coefficient (Wildman–Crippen LogP) is 2.16. The van der Waals surface area contributed by atoms with Crippen LogP contribution in [0.2, 0.25) is 0 Å². The summed E-state index contributed by atoms with van der Waals surface area (Å²) in [6, 6.07) is 6.06. The van der Waals surface area contributed by atoms with E-state index in [0.717, 1.165) is 19.7 Å². The molecule has 0 aromatic heterocycles. The summed E-state index contributed by atoms with van der Waals surface area (Å²) in [6.07, 6.45) is 3.58. The van der Waals surface area contributed by atoms with Crippen molar-refractivity contribution >= 4 is 11.7 Å². The maximum absolute atomic E-state index is 12.8. The summed E-state index contributed by atoms with van der Waals surface area (Å²) in [5, 5.41) is 2.90. The third-order valence-electron chi connectivity index (χ3n) is 4.96. The summed E-state index contributed by atoms with van der Waals surface area (Å²) in [4.78, 5) is 26.3. The Morgan fingerprint density at radius 2 is 2.04 bits per heavy atom. The second kappa shape index (κ2) is 8.54. The second-order valence-electron chi connectivity index (χ2n) is 6.83. The maximum atomic E-state index is 12.8. The van der Waals surface area contributed by atoms with E-state index < -0.39 is 0 Å². The van der Waals surface area contributed by atoms with Crippen molar-refractivity contribution in [3.63, 3.8) is 0 Å². The van der Waals surface area contributed by atoms with Crippen molar-refractivity contribution in [1.82, 2.24) is 10.2 Å². The van der Waals surface area contributed by atoms with E-state index in [1.807, 2.05) is 0 Å². The van der Waals surface area contributed by atoms with Crippen molar-refractivity contribution in [2.75, 3.05) is 26.2 Å². The van der Waals surface area contributed by atoms with Crippen LogP contribution in [0.5, 0.6) is 0 Å². The number of halogens is 1. The predicted molar refractivity (Wildman–Crippen MR) is 91.9 cm³/mol. The number of ketones is 1.